The topological polar surface area (TPSA) is 83.0 Å². The minimum Gasteiger partial charge on any atom is -0.472 e. The Balaban J connectivity index is 1.88. The Morgan fingerprint density at radius 2 is 2.09 bits per heavy atom. The summed E-state index contributed by atoms with van der Waals surface area (Å²) < 4.78 is 6.28. The first-order valence-electron chi connectivity index (χ1n) is 11.8. The Bertz CT molecular complexity index is 834. The van der Waals surface area contributed by atoms with Crippen LogP contribution in [-0.4, -0.2) is 70.6 Å². The number of nitrogens with zero attached hydrogens (tertiary/aromatic N) is 3. The molecular weight excluding hydrogens is 406 g/mol. The standard InChI is InChI=1S/C25H37N3O4/c1-5-9-19-12-21-23(26-13-19)32-22(17(2)14-28(25(21)31)18(3)16-29)15-27(4)24(30)20-10-7-6-8-11-20/h5,9,12-13,17-18,20,22,29H,6-8,10-11,14-16H2,1-4H3/b9-5+/t17-,18+,22-/m1/s1. The molecule has 1 aliphatic carbocycles. The highest BCUT2D eigenvalue weighted by atomic mass is 16.5. The number of hydrogen-bond acceptors (Lipinski definition) is 5. The highest BCUT2D eigenvalue weighted by Crippen LogP contribution is 2.29. The van der Waals surface area contributed by atoms with E-state index in [4.69, 9.17) is 4.74 Å². The first kappa shape index (κ1) is 24.2. The van der Waals surface area contributed by atoms with Gasteiger partial charge in [-0.05, 0) is 38.3 Å². The lowest BCUT2D eigenvalue weighted by Crippen LogP contribution is -2.51. The van der Waals surface area contributed by atoms with Crippen LogP contribution in [0.1, 0.15) is 68.8 Å². The van der Waals surface area contributed by atoms with Gasteiger partial charge >= 0.3 is 0 Å². The molecule has 0 bridgehead atoms. The van der Waals surface area contributed by atoms with Crippen LogP contribution in [0.3, 0.4) is 0 Å². The predicted octanol–water partition coefficient (Wildman–Crippen LogP) is 3.37. The van der Waals surface area contributed by atoms with E-state index in [1.165, 1.54) is 6.42 Å². The molecule has 2 aliphatic rings. The van der Waals surface area contributed by atoms with E-state index >= 15 is 0 Å². The predicted molar refractivity (Wildman–Crippen MR) is 124 cm³/mol. The lowest BCUT2D eigenvalue weighted by Gasteiger charge is -2.38. The second-order valence-corrected chi connectivity index (χ2v) is 9.30. The van der Waals surface area contributed by atoms with Crippen LogP contribution in [0, 0.1) is 11.8 Å². The summed E-state index contributed by atoms with van der Waals surface area (Å²) in [5.41, 5.74) is 1.20. The zero-order chi connectivity index (χ0) is 23.3. The van der Waals surface area contributed by atoms with E-state index in [2.05, 4.69) is 4.98 Å². The SMILES string of the molecule is C/C=C/c1cnc2c(c1)C(=O)N([C@@H](C)CO)C[C@@H](C)[C@@H](CN(C)C(=O)C1CCCCC1)O2. The van der Waals surface area contributed by atoms with Crippen LogP contribution >= 0.6 is 0 Å². The Kier molecular flexibility index (Phi) is 8.29. The van der Waals surface area contributed by atoms with Crippen LogP contribution in [0.2, 0.25) is 0 Å². The summed E-state index contributed by atoms with van der Waals surface area (Å²) in [7, 11) is 1.84. The van der Waals surface area contributed by atoms with E-state index in [0.717, 1.165) is 31.2 Å². The fourth-order valence-electron chi connectivity index (χ4n) is 4.64. The number of rotatable bonds is 6. The van der Waals surface area contributed by atoms with E-state index in [-0.39, 0.29) is 48.3 Å². The monoisotopic (exact) mass is 443 g/mol. The first-order valence-corrected chi connectivity index (χ1v) is 11.8. The molecule has 176 valence electrons. The molecule has 3 atom stereocenters. The van der Waals surface area contributed by atoms with Gasteiger partial charge in [-0.3, -0.25) is 9.59 Å². The highest BCUT2D eigenvalue weighted by Gasteiger charge is 2.35. The molecule has 0 unspecified atom stereocenters. The van der Waals surface area contributed by atoms with Gasteiger partial charge in [0.05, 0.1) is 19.2 Å². The van der Waals surface area contributed by atoms with Crippen LogP contribution in [0.15, 0.2) is 18.3 Å². The lowest BCUT2D eigenvalue weighted by molar-refractivity contribution is -0.136. The number of carbonyl (C=O) groups excluding carboxylic acids is 2. The van der Waals surface area contributed by atoms with Gasteiger partial charge in [0.25, 0.3) is 5.91 Å². The van der Waals surface area contributed by atoms with Crippen LogP contribution in [0.25, 0.3) is 6.08 Å². The fraction of sp³-hybridized carbons (Fsp3) is 0.640. The molecule has 0 spiro atoms. The van der Waals surface area contributed by atoms with Crippen LogP contribution < -0.4 is 4.74 Å². The first-order chi connectivity index (χ1) is 15.3. The Morgan fingerprint density at radius 3 is 2.75 bits per heavy atom. The van der Waals surface area contributed by atoms with Crippen LogP contribution in [0.5, 0.6) is 5.88 Å². The maximum Gasteiger partial charge on any atom is 0.259 e. The molecule has 0 radical (unpaired) electrons. The van der Waals surface area contributed by atoms with Gasteiger partial charge in [0.15, 0.2) is 0 Å². The fourth-order valence-corrected chi connectivity index (χ4v) is 4.64. The highest BCUT2D eigenvalue weighted by molar-refractivity contribution is 5.97. The average molecular weight is 444 g/mol. The van der Waals surface area contributed by atoms with Crippen LogP contribution in [-0.2, 0) is 4.79 Å². The van der Waals surface area contributed by atoms with Gasteiger partial charge in [-0.15, -0.1) is 0 Å². The summed E-state index contributed by atoms with van der Waals surface area (Å²) in [5, 5.41) is 9.76. The number of aliphatic hydroxyl groups is 1. The molecule has 2 heterocycles. The van der Waals surface area contributed by atoms with Crippen molar-refractivity contribution in [1.29, 1.82) is 0 Å². The van der Waals surface area contributed by atoms with Gasteiger partial charge in [-0.25, -0.2) is 4.98 Å². The number of hydrogen-bond donors (Lipinski definition) is 1. The largest absolute Gasteiger partial charge is 0.472 e. The molecule has 1 fully saturated rings. The molecule has 1 aliphatic heterocycles. The van der Waals surface area contributed by atoms with E-state index in [1.807, 2.05) is 40.0 Å². The van der Waals surface area contributed by atoms with Gasteiger partial charge in [0, 0.05) is 31.6 Å². The molecule has 3 rings (SSSR count). The second-order valence-electron chi connectivity index (χ2n) is 9.30. The third-order valence-electron chi connectivity index (χ3n) is 6.69. The molecular formula is C25H37N3O4. The van der Waals surface area contributed by atoms with Gasteiger partial charge in [-0.1, -0.05) is 38.3 Å². The molecule has 7 nitrogen and oxygen atoms in total. The van der Waals surface area contributed by atoms with E-state index in [1.54, 1.807) is 22.1 Å². The number of likely N-dealkylation sites (N-methyl/N-ethyl adjacent to an activating group) is 1. The van der Waals surface area contributed by atoms with E-state index in [9.17, 15) is 14.7 Å². The summed E-state index contributed by atoms with van der Waals surface area (Å²) >= 11 is 0. The van der Waals surface area contributed by atoms with Crippen LogP contribution in [0.4, 0.5) is 0 Å². The van der Waals surface area contributed by atoms with Crippen molar-refractivity contribution in [2.45, 2.75) is 65.0 Å². The molecule has 2 amide bonds. The summed E-state index contributed by atoms with van der Waals surface area (Å²) in [6.45, 7) is 6.51. The maximum absolute atomic E-state index is 13.3. The third-order valence-corrected chi connectivity index (χ3v) is 6.69. The summed E-state index contributed by atoms with van der Waals surface area (Å²) in [4.78, 5) is 34.3. The molecule has 32 heavy (non-hydrogen) atoms. The normalized spacial score (nSPS) is 23.3. The van der Waals surface area contributed by atoms with Crippen molar-refractivity contribution in [3.05, 3.63) is 29.5 Å². The van der Waals surface area contributed by atoms with Gasteiger partial charge in [0.2, 0.25) is 11.8 Å². The molecule has 7 heteroatoms. The molecule has 0 saturated heterocycles. The number of ether oxygens (including phenoxy) is 1. The number of amides is 2. The Morgan fingerprint density at radius 1 is 1.38 bits per heavy atom. The lowest BCUT2D eigenvalue weighted by atomic mass is 9.88. The molecule has 1 aromatic heterocycles. The maximum atomic E-state index is 13.3. The quantitative estimate of drug-likeness (QED) is 0.729. The number of allylic oxidation sites excluding steroid dienone is 1. The minimum atomic E-state index is -0.330. The van der Waals surface area contributed by atoms with E-state index in [0.29, 0.717) is 18.7 Å². The summed E-state index contributed by atoms with van der Waals surface area (Å²) in [6, 6.07) is 1.45. The Hall–Kier alpha value is -2.41. The van der Waals surface area contributed by atoms with Gasteiger partial charge in [-0.2, -0.15) is 0 Å². The smallest absolute Gasteiger partial charge is 0.259 e. The number of fused-ring (bicyclic) bond motifs is 1. The molecule has 1 saturated carbocycles. The van der Waals surface area contributed by atoms with Crippen molar-refractivity contribution in [2.75, 3.05) is 26.7 Å². The van der Waals surface area contributed by atoms with E-state index < -0.39 is 0 Å². The van der Waals surface area contributed by atoms with Gasteiger partial charge in [0.1, 0.15) is 11.7 Å². The number of carbonyl (C=O) groups is 2. The number of pyridine rings is 1. The van der Waals surface area contributed by atoms with Crippen molar-refractivity contribution in [2.24, 2.45) is 11.8 Å². The van der Waals surface area contributed by atoms with Crippen molar-refractivity contribution >= 4 is 17.9 Å². The second kappa shape index (κ2) is 10.9. The zero-order valence-electron chi connectivity index (χ0n) is 19.8. The molecule has 1 N–H and O–H groups in total. The third kappa shape index (κ3) is 5.49. The number of aliphatic hydroxyl groups excluding tert-OH is 1. The molecule has 0 aromatic carbocycles. The van der Waals surface area contributed by atoms with Crippen molar-refractivity contribution in [3.63, 3.8) is 0 Å². The summed E-state index contributed by atoms with van der Waals surface area (Å²) in [6.07, 6.45) is 10.5. The Labute approximate surface area is 191 Å². The van der Waals surface area contributed by atoms with Gasteiger partial charge < -0.3 is 19.6 Å². The zero-order valence-corrected chi connectivity index (χ0v) is 19.8. The van der Waals surface area contributed by atoms with Crippen molar-refractivity contribution in [1.82, 2.24) is 14.8 Å². The van der Waals surface area contributed by atoms with Crippen molar-refractivity contribution in [3.8, 4) is 5.88 Å². The average Bonchev–Trinajstić information content (AvgIpc) is 2.81. The van der Waals surface area contributed by atoms with Crippen molar-refractivity contribution < 1.29 is 19.4 Å². The summed E-state index contributed by atoms with van der Waals surface area (Å²) in [5.74, 6) is 0.320. The number of aromatic nitrogens is 1. The molecule has 1 aromatic rings. The minimum absolute atomic E-state index is 0.0419.